The van der Waals surface area contributed by atoms with Crippen LogP contribution in [0.1, 0.15) is 50.5 Å². The zero-order valence-electron chi connectivity index (χ0n) is 17.3. The van der Waals surface area contributed by atoms with Crippen LogP contribution in [0.3, 0.4) is 0 Å². The van der Waals surface area contributed by atoms with E-state index in [-0.39, 0.29) is 25.3 Å². The molecule has 4 aliphatic rings. The smallest absolute Gasteiger partial charge is 0.336 e. The molecule has 3 aliphatic heterocycles. The van der Waals surface area contributed by atoms with Crippen molar-refractivity contribution in [1.82, 2.24) is 5.32 Å². The van der Waals surface area contributed by atoms with Gasteiger partial charge in [-0.3, -0.25) is 4.79 Å². The maximum Gasteiger partial charge on any atom is 0.336 e. The third kappa shape index (κ3) is 3.76. The van der Waals surface area contributed by atoms with Gasteiger partial charge in [-0.1, -0.05) is 15.9 Å². The molecule has 0 amide bonds. The lowest BCUT2D eigenvalue weighted by Crippen LogP contribution is -2.35. The van der Waals surface area contributed by atoms with Gasteiger partial charge >= 0.3 is 5.97 Å². The Morgan fingerprint density at radius 3 is 2.81 bits per heavy atom. The molecule has 164 valence electrons. The van der Waals surface area contributed by atoms with Crippen LogP contribution in [0.2, 0.25) is 0 Å². The van der Waals surface area contributed by atoms with Gasteiger partial charge in [0.25, 0.3) is 0 Å². The molecule has 1 fully saturated rings. The van der Waals surface area contributed by atoms with Gasteiger partial charge in [0.1, 0.15) is 6.61 Å². The minimum Gasteiger partial charge on any atom is -0.459 e. The summed E-state index contributed by atoms with van der Waals surface area (Å²) < 4.78 is 23.1. The van der Waals surface area contributed by atoms with Crippen molar-refractivity contribution in [1.29, 1.82) is 0 Å². The summed E-state index contributed by atoms with van der Waals surface area (Å²) in [6.07, 6.45) is 3.83. The van der Waals surface area contributed by atoms with Gasteiger partial charge in [-0.05, 0) is 50.3 Å². The molecule has 1 N–H and O–H groups in total. The van der Waals surface area contributed by atoms with Gasteiger partial charge in [0.05, 0.1) is 11.7 Å². The van der Waals surface area contributed by atoms with Crippen molar-refractivity contribution in [2.24, 2.45) is 0 Å². The number of allylic oxidation sites excluding steroid dienone is 3. The Morgan fingerprint density at radius 1 is 1.23 bits per heavy atom. The van der Waals surface area contributed by atoms with Gasteiger partial charge < -0.3 is 24.3 Å². The summed E-state index contributed by atoms with van der Waals surface area (Å²) in [6, 6.07) is 3.69. The van der Waals surface area contributed by atoms with Crippen LogP contribution in [-0.4, -0.2) is 37.9 Å². The zero-order valence-corrected chi connectivity index (χ0v) is 18.9. The minimum absolute atomic E-state index is 0.0558. The molecule has 3 heterocycles. The van der Waals surface area contributed by atoms with E-state index in [0.717, 1.165) is 41.4 Å². The van der Waals surface area contributed by atoms with Gasteiger partial charge in [-0.25, -0.2) is 4.79 Å². The van der Waals surface area contributed by atoms with Crippen LogP contribution in [0.4, 0.5) is 0 Å². The predicted molar refractivity (Wildman–Crippen MR) is 115 cm³/mol. The Bertz CT molecular complexity index is 1010. The first-order chi connectivity index (χ1) is 15.0. The number of benzene rings is 1. The number of ether oxygens (including phenoxy) is 4. The summed E-state index contributed by atoms with van der Waals surface area (Å²) in [6.45, 7) is 2.92. The number of esters is 1. The fourth-order valence-corrected chi connectivity index (χ4v) is 5.29. The highest BCUT2D eigenvalue weighted by Crippen LogP contribution is 2.48. The Hall–Kier alpha value is -2.32. The molecule has 1 aromatic carbocycles. The quantitative estimate of drug-likeness (QED) is 0.642. The van der Waals surface area contributed by atoms with E-state index in [1.165, 1.54) is 0 Å². The summed E-state index contributed by atoms with van der Waals surface area (Å²) in [7, 11) is 0. The molecule has 0 spiro atoms. The second-order valence-electron chi connectivity index (χ2n) is 8.23. The first kappa shape index (κ1) is 20.6. The molecule has 0 unspecified atom stereocenters. The highest BCUT2D eigenvalue weighted by Gasteiger charge is 2.40. The lowest BCUT2D eigenvalue weighted by Gasteiger charge is -2.34. The van der Waals surface area contributed by atoms with Crippen molar-refractivity contribution in [3.63, 3.8) is 0 Å². The van der Waals surface area contributed by atoms with Crippen molar-refractivity contribution in [2.45, 2.75) is 51.0 Å². The maximum atomic E-state index is 13.3. The molecule has 0 aromatic heterocycles. The molecule has 2 atom stereocenters. The highest BCUT2D eigenvalue weighted by molar-refractivity contribution is 9.10. The van der Waals surface area contributed by atoms with Crippen molar-refractivity contribution in [3.05, 3.63) is 44.7 Å². The molecule has 31 heavy (non-hydrogen) atoms. The molecule has 0 saturated carbocycles. The van der Waals surface area contributed by atoms with Crippen LogP contribution in [0.15, 0.2) is 39.1 Å². The Kier molecular flexibility index (Phi) is 5.52. The van der Waals surface area contributed by atoms with Gasteiger partial charge in [0, 0.05) is 40.4 Å². The molecular formula is C23H24BrNO6. The van der Waals surface area contributed by atoms with Crippen molar-refractivity contribution in [3.8, 4) is 11.5 Å². The number of halogens is 1. The van der Waals surface area contributed by atoms with Crippen LogP contribution in [0, 0.1) is 0 Å². The topological polar surface area (TPSA) is 83.1 Å². The first-order valence-electron chi connectivity index (χ1n) is 10.6. The Labute approximate surface area is 188 Å². The van der Waals surface area contributed by atoms with Crippen LogP contribution < -0.4 is 14.8 Å². The molecule has 0 radical (unpaired) electrons. The molecule has 7 nitrogen and oxygen atoms in total. The van der Waals surface area contributed by atoms with E-state index in [9.17, 15) is 9.59 Å². The Morgan fingerprint density at radius 2 is 2.03 bits per heavy atom. The SMILES string of the molecule is CC1=C(C(=O)OC[C@@H]2CCCO2)[C@@H](c2cc3c(cc2Br)OCO3)C2=C(CCCC2=O)N1. The number of Topliss-reactive ketones (excluding diaryl/α,β-unsaturated/α-hetero) is 1. The third-order valence-electron chi connectivity index (χ3n) is 6.22. The summed E-state index contributed by atoms with van der Waals surface area (Å²) >= 11 is 3.63. The largest absolute Gasteiger partial charge is 0.459 e. The van der Waals surface area contributed by atoms with Crippen LogP contribution in [0.5, 0.6) is 11.5 Å². The van der Waals surface area contributed by atoms with Crippen molar-refractivity contribution >= 4 is 27.7 Å². The van der Waals surface area contributed by atoms with Gasteiger partial charge in [0.15, 0.2) is 17.3 Å². The van der Waals surface area contributed by atoms with E-state index in [2.05, 4.69) is 21.2 Å². The molecule has 8 heteroatoms. The molecular weight excluding hydrogens is 466 g/mol. The van der Waals surface area contributed by atoms with E-state index in [1.54, 1.807) is 0 Å². The van der Waals surface area contributed by atoms with E-state index in [0.29, 0.717) is 41.4 Å². The number of hydrogen-bond acceptors (Lipinski definition) is 7. The number of fused-ring (bicyclic) bond motifs is 1. The first-order valence-corrected chi connectivity index (χ1v) is 11.4. The lowest BCUT2D eigenvalue weighted by atomic mass is 9.75. The van der Waals surface area contributed by atoms with Gasteiger partial charge in [0.2, 0.25) is 6.79 Å². The number of nitrogens with one attached hydrogen (secondary N) is 1. The number of carbonyl (C=O) groups is 2. The fourth-order valence-electron chi connectivity index (χ4n) is 4.74. The van der Waals surface area contributed by atoms with E-state index in [1.807, 2.05) is 19.1 Å². The molecule has 1 saturated heterocycles. The number of dihydropyridines is 1. The minimum atomic E-state index is -0.537. The summed E-state index contributed by atoms with van der Waals surface area (Å²) in [5.41, 5.74) is 3.48. The molecule has 5 rings (SSSR count). The Balaban J connectivity index is 1.55. The average molecular weight is 490 g/mol. The van der Waals surface area contributed by atoms with E-state index in [4.69, 9.17) is 18.9 Å². The summed E-state index contributed by atoms with van der Waals surface area (Å²) in [4.78, 5) is 26.3. The number of rotatable bonds is 4. The fraction of sp³-hybridized carbons (Fsp3) is 0.478. The molecule has 1 aromatic rings. The second kappa shape index (κ2) is 8.31. The molecule has 1 aliphatic carbocycles. The third-order valence-corrected chi connectivity index (χ3v) is 6.91. The van der Waals surface area contributed by atoms with Gasteiger partial charge in [-0.15, -0.1) is 0 Å². The lowest BCUT2D eigenvalue weighted by molar-refractivity contribution is -0.142. The number of carbonyl (C=O) groups excluding carboxylic acids is 2. The molecule has 0 bridgehead atoms. The van der Waals surface area contributed by atoms with Crippen molar-refractivity contribution < 1.29 is 28.5 Å². The summed E-state index contributed by atoms with van der Waals surface area (Å²) in [5.74, 6) is 0.328. The second-order valence-corrected chi connectivity index (χ2v) is 9.08. The number of ketones is 1. The number of hydrogen-bond donors (Lipinski definition) is 1. The highest BCUT2D eigenvalue weighted by atomic mass is 79.9. The van der Waals surface area contributed by atoms with Crippen LogP contribution in [-0.2, 0) is 19.1 Å². The standard InChI is InChI=1S/C23H24BrNO6/c1-12-20(23(27)29-10-13-4-3-7-28-13)21(22-16(25-12)5-2-6-17(22)26)14-8-18-19(9-15(14)24)31-11-30-18/h8-9,13,21,25H,2-7,10-11H2,1H3/t13-,21+/m0/s1. The predicted octanol–water partition coefficient (Wildman–Crippen LogP) is 3.87. The van der Waals surface area contributed by atoms with Gasteiger partial charge in [-0.2, -0.15) is 0 Å². The van der Waals surface area contributed by atoms with E-state index >= 15 is 0 Å². The van der Waals surface area contributed by atoms with Crippen LogP contribution >= 0.6 is 15.9 Å². The van der Waals surface area contributed by atoms with Crippen LogP contribution in [0.25, 0.3) is 0 Å². The zero-order chi connectivity index (χ0) is 21.5. The van der Waals surface area contributed by atoms with E-state index < -0.39 is 11.9 Å². The average Bonchev–Trinajstić information content (AvgIpc) is 3.42. The normalized spacial score (nSPS) is 24.9. The summed E-state index contributed by atoms with van der Waals surface area (Å²) in [5, 5.41) is 3.31. The monoisotopic (exact) mass is 489 g/mol. The maximum absolute atomic E-state index is 13.3. The van der Waals surface area contributed by atoms with Crippen molar-refractivity contribution in [2.75, 3.05) is 20.0 Å².